The first-order valence-corrected chi connectivity index (χ1v) is 10.2. The number of rotatable bonds is 7. The quantitative estimate of drug-likeness (QED) is 0.640. The number of carbonyl (C=O) groups is 2. The highest BCUT2D eigenvalue weighted by Gasteiger charge is 2.24. The monoisotopic (exact) mass is 416 g/mol. The molecule has 0 bridgehead atoms. The lowest BCUT2D eigenvalue weighted by Crippen LogP contribution is -2.41. The smallest absolute Gasteiger partial charge is 0.253 e. The van der Waals surface area contributed by atoms with Crippen LogP contribution in [0.5, 0.6) is 0 Å². The van der Waals surface area contributed by atoms with Crippen molar-refractivity contribution in [2.24, 2.45) is 5.92 Å². The molecule has 0 unspecified atom stereocenters. The van der Waals surface area contributed by atoms with Gasteiger partial charge in [-0.1, -0.05) is 18.2 Å². The number of nitrogens with zero attached hydrogens (tertiary/aromatic N) is 3. The van der Waals surface area contributed by atoms with Gasteiger partial charge in [-0.25, -0.2) is 0 Å². The SMILES string of the molecule is CC(=O)N(CC1COC1)c1ccc(-c2ccc(C(=O)NCc3cccnc3)cn2)cc1. The molecule has 2 aromatic heterocycles. The van der Waals surface area contributed by atoms with Crippen molar-refractivity contribution in [2.45, 2.75) is 13.5 Å². The third-order valence-electron chi connectivity index (χ3n) is 5.20. The summed E-state index contributed by atoms with van der Waals surface area (Å²) >= 11 is 0. The minimum absolute atomic E-state index is 0.0134. The number of carbonyl (C=O) groups excluding carboxylic acids is 2. The van der Waals surface area contributed by atoms with E-state index in [9.17, 15) is 9.59 Å². The number of ether oxygens (including phenoxy) is 1. The van der Waals surface area contributed by atoms with Gasteiger partial charge in [0, 0.05) is 55.8 Å². The molecule has 158 valence electrons. The van der Waals surface area contributed by atoms with Crippen LogP contribution in [-0.2, 0) is 16.1 Å². The van der Waals surface area contributed by atoms with Crippen LogP contribution in [0.15, 0.2) is 67.1 Å². The van der Waals surface area contributed by atoms with Gasteiger partial charge < -0.3 is 15.0 Å². The van der Waals surface area contributed by atoms with E-state index in [0.29, 0.717) is 37.8 Å². The van der Waals surface area contributed by atoms with Crippen molar-refractivity contribution >= 4 is 17.5 Å². The molecule has 2 amide bonds. The minimum atomic E-state index is -0.185. The van der Waals surface area contributed by atoms with Crippen LogP contribution in [0.2, 0.25) is 0 Å². The molecule has 1 fully saturated rings. The summed E-state index contributed by atoms with van der Waals surface area (Å²) in [5.74, 6) is 0.219. The minimum Gasteiger partial charge on any atom is -0.381 e. The number of nitrogens with one attached hydrogen (secondary N) is 1. The van der Waals surface area contributed by atoms with Crippen LogP contribution in [0.4, 0.5) is 5.69 Å². The van der Waals surface area contributed by atoms with Gasteiger partial charge in [0.15, 0.2) is 0 Å². The molecular formula is C24H24N4O3. The Morgan fingerprint density at radius 2 is 1.90 bits per heavy atom. The van der Waals surface area contributed by atoms with E-state index in [0.717, 1.165) is 22.5 Å². The molecule has 1 aromatic carbocycles. The number of pyridine rings is 2. The largest absolute Gasteiger partial charge is 0.381 e. The van der Waals surface area contributed by atoms with Crippen LogP contribution in [0, 0.1) is 5.92 Å². The second kappa shape index (κ2) is 9.49. The molecule has 3 heterocycles. The van der Waals surface area contributed by atoms with Crippen molar-refractivity contribution in [2.75, 3.05) is 24.7 Å². The fraction of sp³-hybridized carbons (Fsp3) is 0.250. The molecule has 4 rings (SSSR count). The average molecular weight is 416 g/mol. The number of hydrogen-bond acceptors (Lipinski definition) is 5. The Hall–Kier alpha value is -3.58. The van der Waals surface area contributed by atoms with Crippen LogP contribution in [-0.4, -0.2) is 41.5 Å². The van der Waals surface area contributed by atoms with Crippen molar-refractivity contribution in [3.63, 3.8) is 0 Å². The standard InChI is InChI=1S/C24H24N4O3/c1-17(29)28(14-19-15-31-16-19)22-7-4-20(5-8-22)23-9-6-21(13-26-23)24(30)27-12-18-3-2-10-25-11-18/h2-11,13,19H,12,14-16H2,1H3,(H,27,30). The van der Waals surface area contributed by atoms with Crippen LogP contribution < -0.4 is 10.2 Å². The molecule has 0 radical (unpaired) electrons. The Balaban J connectivity index is 1.40. The summed E-state index contributed by atoms with van der Waals surface area (Å²) < 4.78 is 5.22. The normalized spacial score (nSPS) is 13.3. The number of amides is 2. The van der Waals surface area contributed by atoms with Gasteiger partial charge in [-0.2, -0.15) is 0 Å². The highest BCUT2D eigenvalue weighted by atomic mass is 16.5. The predicted molar refractivity (Wildman–Crippen MR) is 117 cm³/mol. The summed E-state index contributed by atoms with van der Waals surface area (Å²) in [5.41, 5.74) is 3.97. The summed E-state index contributed by atoms with van der Waals surface area (Å²) in [7, 11) is 0. The molecule has 7 heteroatoms. The molecule has 31 heavy (non-hydrogen) atoms. The third-order valence-corrected chi connectivity index (χ3v) is 5.20. The first kappa shape index (κ1) is 20.7. The summed E-state index contributed by atoms with van der Waals surface area (Å²) in [4.78, 5) is 34.7. The van der Waals surface area contributed by atoms with Crippen LogP contribution >= 0.6 is 0 Å². The number of hydrogen-bond donors (Lipinski definition) is 1. The van der Waals surface area contributed by atoms with E-state index in [2.05, 4.69) is 15.3 Å². The van der Waals surface area contributed by atoms with Gasteiger partial charge in [-0.3, -0.25) is 19.6 Å². The Kier molecular flexibility index (Phi) is 6.33. The molecule has 3 aromatic rings. The lowest BCUT2D eigenvalue weighted by Gasteiger charge is -2.32. The first-order chi connectivity index (χ1) is 15.1. The molecular weight excluding hydrogens is 392 g/mol. The maximum atomic E-state index is 12.3. The van der Waals surface area contributed by atoms with Gasteiger partial charge in [0.2, 0.25) is 5.91 Å². The maximum absolute atomic E-state index is 12.3. The Morgan fingerprint density at radius 1 is 1.10 bits per heavy atom. The third kappa shape index (κ3) is 5.13. The summed E-state index contributed by atoms with van der Waals surface area (Å²) in [6, 6.07) is 15.0. The van der Waals surface area contributed by atoms with Crippen molar-refractivity contribution in [1.29, 1.82) is 0 Å². The summed E-state index contributed by atoms with van der Waals surface area (Å²) in [6.07, 6.45) is 4.99. The fourth-order valence-corrected chi connectivity index (χ4v) is 3.36. The molecule has 1 aliphatic heterocycles. The van der Waals surface area contributed by atoms with E-state index in [-0.39, 0.29) is 11.8 Å². The highest BCUT2D eigenvalue weighted by Crippen LogP contribution is 2.24. The zero-order valence-electron chi connectivity index (χ0n) is 17.3. The Bertz CT molecular complexity index is 1030. The molecule has 0 atom stereocenters. The van der Waals surface area contributed by atoms with Gasteiger partial charge in [0.25, 0.3) is 5.91 Å². The van der Waals surface area contributed by atoms with Crippen LogP contribution in [0.3, 0.4) is 0 Å². The second-order valence-electron chi connectivity index (χ2n) is 7.56. The predicted octanol–water partition coefficient (Wildman–Crippen LogP) is 3.07. The zero-order chi connectivity index (χ0) is 21.6. The summed E-state index contributed by atoms with van der Waals surface area (Å²) in [6.45, 7) is 4.06. The number of aromatic nitrogens is 2. The van der Waals surface area contributed by atoms with Crippen molar-refractivity contribution < 1.29 is 14.3 Å². The molecule has 1 N–H and O–H groups in total. The van der Waals surface area contributed by atoms with E-state index in [4.69, 9.17) is 4.74 Å². The van der Waals surface area contributed by atoms with Crippen molar-refractivity contribution in [3.8, 4) is 11.3 Å². The van der Waals surface area contributed by atoms with E-state index in [1.165, 1.54) is 0 Å². The molecule has 0 spiro atoms. The maximum Gasteiger partial charge on any atom is 0.253 e. The average Bonchev–Trinajstić information content (AvgIpc) is 2.77. The first-order valence-electron chi connectivity index (χ1n) is 10.2. The van der Waals surface area contributed by atoms with Crippen molar-refractivity contribution in [1.82, 2.24) is 15.3 Å². The molecule has 1 aliphatic rings. The lowest BCUT2D eigenvalue weighted by molar-refractivity contribution is -0.117. The molecule has 0 aliphatic carbocycles. The second-order valence-corrected chi connectivity index (χ2v) is 7.56. The Labute approximate surface area is 181 Å². The molecule has 1 saturated heterocycles. The van der Waals surface area contributed by atoms with E-state index in [1.807, 2.05) is 42.5 Å². The van der Waals surface area contributed by atoms with Gasteiger partial charge in [-0.05, 0) is 35.9 Å². The van der Waals surface area contributed by atoms with Crippen molar-refractivity contribution in [3.05, 3.63) is 78.2 Å². The lowest BCUT2D eigenvalue weighted by atomic mass is 10.1. The highest BCUT2D eigenvalue weighted by molar-refractivity contribution is 5.94. The van der Waals surface area contributed by atoms with Gasteiger partial charge in [-0.15, -0.1) is 0 Å². The van der Waals surface area contributed by atoms with E-state index >= 15 is 0 Å². The van der Waals surface area contributed by atoms with Gasteiger partial charge in [0.05, 0.1) is 24.5 Å². The molecule has 0 saturated carbocycles. The fourth-order valence-electron chi connectivity index (χ4n) is 3.36. The van der Waals surface area contributed by atoms with Gasteiger partial charge in [0.1, 0.15) is 0 Å². The Morgan fingerprint density at radius 3 is 2.48 bits per heavy atom. The topological polar surface area (TPSA) is 84.4 Å². The summed E-state index contributed by atoms with van der Waals surface area (Å²) in [5, 5.41) is 2.86. The molecule has 7 nitrogen and oxygen atoms in total. The van der Waals surface area contributed by atoms with Crippen LogP contribution in [0.25, 0.3) is 11.3 Å². The number of benzene rings is 1. The van der Waals surface area contributed by atoms with Gasteiger partial charge >= 0.3 is 0 Å². The number of anilines is 1. The van der Waals surface area contributed by atoms with E-state index < -0.39 is 0 Å². The van der Waals surface area contributed by atoms with E-state index in [1.54, 1.807) is 36.5 Å². The zero-order valence-corrected chi connectivity index (χ0v) is 17.3. The van der Waals surface area contributed by atoms with Crippen LogP contribution in [0.1, 0.15) is 22.8 Å².